The van der Waals surface area contributed by atoms with Gasteiger partial charge in [0.1, 0.15) is 23.6 Å². The van der Waals surface area contributed by atoms with Gasteiger partial charge in [0.15, 0.2) is 0 Å². The summed E-state index contributed by atoms with van der Waals surface area (Å²) >= 11 is 0. The first-order valence-corrected chi connectivity index (χ1v) is 29.6. The second-order valence-electron chi connectivity index (χ2n) is 27.2. The van der Waals surface area contributed by atoms with Crippen molar-refractivity contribution in [2.24, 2.45) is 93.2 Å². The van der Waals surface area contributed by atoms with Crippen molar-refractivity contribution < 1.29 is 45.0 Å². The van der Waals surface area contributed by atoms with Crippen LogP contribution >= 0.6 is 0 Å². The first kappa shape index (κ1) is 49.5. The van der Waals surface area contributed by atoms with Gasteiger partial charge < -0.3 is 40.2 Å². The predicted octanol–water partition coefficient (Wildman–Crippen LogP) is 7.40. The molecule has 0 radical (unpaired) electrons. The summed E-state index contributed by atoms with van der Waals surface area (Å²) in [5, 5.41) is 86.6. The van der Waals surface area contributed by atoms with Crippen molar-refractivity contribution >= 4 is 12.3 Å². The third-order valence-corrected chi connectivity index (χ3v) is 25.3. The molecule has 0 amide bonds. The highest BCUT2D eigenvalue weighted by Crippen LogP contribution is 2.81. The predicted molar refractivity (Wildman–Crippen MR) is 280 cm³/mol. The van der Waals surface area contributed by atoms with E-state index in [1.165, 1.54) is 18.4 Å². The zero-order valence-corrected chi connectivity index (χ0v) is 43.8. The number of aliphatic hydroxyl groups is 6. The molecule has 0 saturated heterocycles. The summed E-state index contributed by atoms with van der Waals surface area (Å²) in [6, 6.07) is 18.5. The van der Waals surface area contributed by atoms with E-state index in [0.29, 0.717) is 57.3 Å². The van der Waals surface area contributed by atoms with E-state index in [1.807, 2.05) is 18.2 Å². The van der Waals surface area contributed by atoms with Gasteiger partial charge in [-0.1, -0.05) is 98.9 Å². The van der Waals surface area contributed by atoms with Crippen molar-refractivity contribution in [1.29, 1.82) is 0 Å². The Morgan fingerprint density at radius 1 is 0.813 bits per heavy atom. The molecule has 10 nitrogen and oxygen atoms in total. The van der Waals surface area contributed by atoms with Gasteiger partial charge in [0.2, 0.25) is 0 Å². The lowest BCUT2D eigenvalue weighted by atomic mass is 9.31. The molecule has 1 heterocycles. The van der Waals surface area contributed by atoms with Crippen LogP contribution in [0.4, 0.5) is 0 Å². The summed E-state index contributed by atoms with van der Waals surface area (Å²) < 4.78 is 6.39. The highest BCUT2D eigenvalue weighted by atomic mass is 16.5. The van der Waals surface area contributed by atoms with Crippen LogP contribution in [0.1, 0.15) is 145 Å². The summed E-state index contributed by atoms with van der Waals surface area (Å²) in [6.07, 6.45) is 11.8. The fourth-order valence-corrected chi connectivity index (χ4v) is 22.6. The number of fused-ring (bicyclic) bond motifs is 5. The summed E-state index contributed by atoms with van der Waals surface area (Å²) in [7, 11) is 0. The quantitative estimate of drug-likeness (QED) is 0.0669. The molecule has 2 spiro atoms. The number of hydrogen-bond donors (Lipinski definition) is 7. The molecule has 7 N–H and O–H groups in total. The van der Waals surface area contributed by atoms with Crippen molar-refractivity contribution in [2.75, 3.05) is 6.73 Å². The van der Waals surface area contributed by atoms with Crippen LogP contribution in [0.2, 0.25) is 0 Å². The van der Waals surface area contributed by atoms with E-state index in [4.69, 9.17) is 4.74 Å². The van der Waals surface area contributed by atoms with E-state index in [0.717, 1.165) is 61.5 Å². The van der Waals surface area contributed by atoms with Crippen molar-refractivity contribution in [3.05, 3.63) is 82.9 Å². The van der Waals surface area contributed by atoms with Crippen LogP contribution in [-0.4, -0.2) is 90.8 Å². The lowest BCUT2D eigenvalue weighted by molar-refractivity contribution is -0.391. The second kappa shape index (κ2) is 17.6. The van der Waals surface area contributed by atoms with Crippen molar-refractivity contribution in [3.63, 3.8) is 0 Å². The number of ether oxygens (including phenoxy) is 1. The first-order valence-electron chi connectivity index (χ1n) is 29.6. The van der Waals surface area contributed by atoms with E-state index >= 15 is 9.90 Å². The smallest absolute Gasteiger partial charge is 0.331 e. The molecule has 75 heavy (non-hydrogen) atoms. The number of rotatable bonds is 6. The topological polar surface area (TPSA) is 177 Å². The monoisotopic (exact) mass is 1020 g/mol. The molecule has 0 aromatic heterocycles. The maximum absolute atomic E-state index is 15.6. The Morgan fingerprint density at radius 3 is 2.40 bits per heavy atom. The van der Waals surface area contributed by atoms with Crippen molar-refractivity contribution in [1.82, 2.24) is 5.32 Å². The fraction of sp³-hybridized carbons (Fsp3) is 0.692. The summed E-state index contributed by atoms with van der Waals surface area (Å²) in [5.74, 6) is 11.0. The molecule has 9 fully saturated rings. The second-order valence-corrected chi connectivity index (χ2v) is 27.2. The van der Waals surface area contributed by atoms with Crippen LogP contribution in [0.15, 0.2) is 66.2 Å². The first-order chi connectivity index (χ1) is 36.3. The van der Waals surface area contributed by atoms with Gasteiger partial charge in [-0.3, -0.25) is 5.32 Å². The summed E-state index contributed by atoms with van der Waals surface area (Å²) in [5.41, 5.74) is -5.96. The molecule has 398 valence electrons. The van der Waals surface area contributed by atoms with E-state index < -0.39 is 86.9 Å². The lowest BCUT2D eigenvalue weighted by Gasteiger charge is -2.76. The SMILES string of the molecule is C[C@H](C1CCCC1)[C@H]1CC[C@H]2[C@@H](O)[C@]34CC[C@@H]5[C@H](CC#C[C@@H]6C[C@@]78CCC#Cc9ccccc9C[C@H](NCO)[C@H]9C[C@@H](C[C@]7(O)[C@]7(O)[C@@H](O)[C@H](C1)[C@@]2(O)[C@](C=O)(C3)[C@@H]67)[C@@H]8C1=CC(=O)O[C@H]19)[C@@H](c1ccccc1)CC[C@@H]54. The van der Waals surface area contributed by atoms with Gasteiger partial charge in [0.25, 0.3) is 0 Å². The largest absolute Gasteiger partial charge is 0.454 e. The molecule has 12 aliphatic rings. The maximum atomic E-state index is 15.6. The molecule has 11 aliphatic carbocycles. The molecular weight excluding hydrogens is 939 g/mol. The van der Waals surface area contributed by atoms with Crippen LogP contribution in [0.5, 0.6) is 0 Å². The number of nitrogens with one attached hydrogen (secondary N) is 1. The normalized spacial score (nSPS) is 50.2. The Bertz CT molecular complexity index is 2790. The molecule has 1 aliphatic heterocycles. The van der Waals surface area contributed by atoms with Gasteiger partial charge in [-0.15, -0.1) is 5.92 Å². The average molecular weight is 1020 g/mol. The molecule has 23 atom stereocenters. The molecule has 0 unspecified atom stereocenters. The molecule has 9 saturated carbocycles. The number of carbonyl (C=O) groups excluding carboxylic acids is 2. The number of benzene rings is 2. The van der Waals surface area contributed by atoms with Gasteiger partial charge in [0, 0.05) is 70.9 Å². The van der Waals surface area contributed by atoms with Gasteiger partial charge in [-0.05, 0) is 159 Å². The van der Waals surface area contributed by atoms with Gasteiger partial charge in [0.05, 0.1) is 30.0 Å². The van der Waals surface area contributed by atoms with Crippen LogP contribution in [-0.2, 0) is 20.7 Å². The molecule has 14 rings (SSSR count). The number of carbonyl (C=O) groups is 2. The van der Waals surface area contributed by atoms with E-state index in [9.17, 15) is 30.3 Å². The van der Waals surface area contributed by atoms with Crippen LogP contribution in [0.25, 0.3) is 0 Å². The average Bonchev–Trinajstić information content (AvgIpc) is 4.37. The van der Waals surface area contributed by atoms with Gasteiger partial charge in [-0.2, -0.15) is 0 Å². The van der Waals surface area contributed by atoms with Crippen LogP contribution < -0.4 is 5.32 Å². The van der Waals surface area contributed by atoms with Crippen LogP contribution in [0.3, 0.4) is 0 Å². The van der Waals surface area contributed by atoms with Crippen molar-refractivity contribution in [2.45, 2.75) is 176 Å². The van der Waals surface area contributed by atoms with Gasteiger partial charge in [-0.25, -0.2) is 4.79 Å². The Kier molecular flexibility index (Phi) is 11.6. The number of aliphatic hydroxyl groups excluding tert-OH is 3. The zero-order valence-electron chi connectivity index (χ0n) is 43.8. The highest BCUT2D eigenvalue weighted by Gasteiger charge is 2.88. The molecule has 9 bridgehead atoms. The van der Waals surface area contributed by atoms with E-state index in [1.54, 1.807) is 6.08 Å². The Hall–Kier alpha value is -3.84. The number of aldehydes is 1. The Balaban J connectivity index is 1.01. The molecule has 10 heteroatoms. The lowest BCUT2D eigenvalue weighted by Crippen LogP contribution is -2.87. The van der Waals surface area contributed by atoms with Crippen LogP contribution in [0, 0.1) is 117 Å². The number of esters is 1. The maximum Gasteiger partial charge on any atom is 0.331 e. The Labute approximate surface area is 443 Å². The summed E-state index contributed by atoms with van der Waals surface area (Å²) in [6.45, 7) is 2.04. The molecule has 2 aromatic rings. The minimum absolute atomic E-state index is 0.0497. The third kappa shape index (κ3) is 6.43. The molecular formula is C65H79NO9. The number of hydrogen-bond acceptors (Lipinski definition) is 10. The van der Waals surface area contributed by atoms with E-state index in [2.05, 4.69) is 72.3 Å². The summed E-state index contributed by atoms with van der Waals surface area (Å²) in [4.78, 5) is 29.5. The van der Waals surface area contributed by atoms with Crippen molar-refractivity contribution in [3.8, 4) is 23.7 Å². The van der Waals surface area contributed by atoms with Gasteiger partial charge >= 0.3 is 5.97 Å². The Morgan fingerprint density at radius 2 is 1.60 bits per heavy atom. The third-order valence-electron chi connectivity index (χ3n) is 25.3. The standard InChI is InChI=1S/C65H79NO9/c1-37(38-12-5-6-13-38)41-21-23-51-58(70)60-27-25-47-46(45(22-24-50(47)60)40-16-3-2-4-17-40)20-11-19-43-32-61-26-10-9-15-39-14-7-8-18-42(39)30-53(66-36-68)48-28-44(55(61)49-31-54(69)75-56(48)49)33-63(61,72)65(74)57(43)62(34-60,35-67)64(51,73)52(29-41)59(65)71/h2-4,7-8,14,16-18,31,35,37-38,41,43-48,50-53,55-59,66,68,70-74H,5-6,10,12-13,20-30,32-34,36H2,1H3/t37-,41+,43-,44+,45-,46-,47-,48-,50+,51+,52+,53+,55-,56+,57-,58-,59+,60-,61-,62+,63-,64-,65-/m1/s1. The molecule has 2 aromatic carbocycles. The zero-order chi connectivity index (χ0) is 51.4. The minimum atomic E-state index is -2.36. The van der Waals surface area contributed by atoms with E-state index in [-0.39, 0.29) is 79.4 Å². The minimum Gasteiger partial charge on any atom is -0.454 e. The highest BCUT2D eigenvalue weighted by molar-refractivity contribution is 5.86. The fourth-order valence-electron chi connectivity index (χ4n) is 22.6.